The van der Waals surface area contributed by atoms with Crippen LogP contribution in [0.25, 0.3) is 0 Å². The molecule has 2 rings (SSSR count). The van der Waals surface area contributed by atoms with Gasteiger partial charge in [0.1, 0.15) is 0 Å². The van der Waals surface area contributed by atoms with Gasteiger partial charge in [-0.05, 0) is 38.0 Å². The van der Waals surface area contributed by atoms with E-state index >= 15 is 0 Å². The molecule has 1 aromatic rings. The summed E-state index contributed by atoms with van der Waals surface area (Å²) in [5.41, 5.74) is 1.07. The van der Waals surface area contributed by atoms with Gasteiger partial charge in [-0.1, -0.05) is 0 Å². The van der Waals surface area contributed by atoms with E-state index in [-0.39, 0.29) is 6.09 Å². The van der Waals surface area contributed by atoms with Crippen molar-refractivity contribution < 1.29 is 19.1 Å². The first-order valence-corrected chi connectivity index (χ1v) is 8.95. The average molecular weight is 362 g/mol. The highest BCUT2D eigenvalue weighted by molar-refractivity contribution is 6.34. The van der Waals surface area contributed by atoms with Crippen LogP contribution in [0, 0.1) is 0 Å². The molecule has 142 valence electrons. The molecule has 2 heterocycles. The Morgan fingerprint density at radius 2 is 1.69 bits per heavy atom. The van der Waals surface area contributed by atoms with Gasteiger partial charge < -0.3 is 19.4 Å². The SMILES string of the molecule is CCOC(=O)N1CCN(C(=O)C(=O)N(CC)CCc2ccncc2)CC1. The van der Waals surface area contributed by atoms with Crippen molar-refractivity contribution in [2.24, 2.45) is 0 Å². The fraction of sp³-hybridized carbons (Fsp3) is 0.556. The Labute approximate surface area is 153 Å². The van der Waals surface area contributed by atoms with Gasteiger partial charge in [0.05, 0.1) is 6.61 Å². The van der Waals surface area contributed by atoms with Gasteiger partial charge in [0.25, 0.3) is 0 Å². The third kappa shape index (κ3) is 5.18. The van der Waals surface area contributed by atoms with Crippen LogP contribution in [0.1, 0.15) is 19.4 Å². The summed E-state index contributed by atoms with van der Waals surface area (Å²) in [6.07, 6.45) is 3.72. The lowest BCUT2D eigenvalue weighted by Gasteiger charge is -2.34. The van der Waals surface area contributed by atoms with E-state index in [1.807, 2.05) is 19.1 Å². The molecule has 0 atom stereocenters. The van der Waals surface area contributed by atoms with Gasteiger partial charge >= 0.3 is 17.9 Å². The van der Waals surface area contributed by atoms with E-state index in [2.05, 4.69) is 4.98 Å². The van der Waals surface area contributed by atoms with Crippen LogP contribution in [-0.2, 0) is 20.7 Å². The molecule has 0 saturated carbocycles. The summed E-state index contributed by atoms with van der Waals surface area (Å²) in [7, 11) is 0. The number of carbonyl (C=O) groups is 3. The molecule has 0 radical (unpaired) electrons. The van der Waals surface area contributed by atoms with Gasteiger partial charge in [0, 0.05) is 51.7 Å². The molecular formula is C18H26N4O4. The van der Waals surface area contributed by atoms with Gasteiger partial charge in [0.2, 0.25) is 0 Å². The third-order valence-corrected chi connectivity index (χ3v) is 4.36. The Bertz CT molecular complexity index is 615. The van der Waals surface area contributed by atoms with Crippen molar-refractivity contribution in [3.05, 3.63) is 30.1 Å². The lowest BCUT2D eigenvalue weighted by atomic mass is 10.2. The molecule has 1 aliphatic heterocycles. The minimum atomic E-state index is -0.509. The van der Waals surface area contributed by atoms with E-state index in [1.54, 1.807) is 29.1 Å². The molecule has 0 spiro atoms. The number of piperazine rings is 1. The normalized spacial score (nSPS) is 14.1. The molecule has 8 nitrogen and oxygen atoms in total. The second-order valence-corrected chi connectivity index (χ2v) is 5.97. The van der Waals surface area contributed by atoms with E-state index in [4.69, 9.17) is 4.74 Å². The number of ether oxygens (including phenoxy) is 1. The quantitative estimate of drug-likeness (QED) is 0.723. The van der Waals surface area contributed by atoms with Crippen LogP contribution in [0.4, 0.5) is 4.79 Å². The summed E-state index contributed by atoms with van der Waals surface area (Å²) in [6, 6.07) is 3.80. The minimum absolute atomic E-state index is 0.319. The summed E-state index contributed by atoms with van der Waals surface area (Å²) in [5, 5.41) is 0. The first-order chi connectivity index (χ1) is 12.6. The predicted molar refractivity (Wildman–Crippen MR) is 95.4 cm³/mol. The van der Waals surface area contributed by atoms with Crippen molar-refractivity contribution >= 4 is 17.9 Å². The number of amides is 3. The Balaban J connectivity index is 1.85. The van der Waals surface area contributed by atoms with E-state index in [0.29, 0.717) is 52.3 Å². The van der Waals surface area contributed by atoms with Gasteiger partial charge in [-0.15, -0.1) is 0 Å². The monoisotopic (exact) mass is 362 g/mol. The fourth-order valence-electron chi connectivity index (χ4n) is 2.79. The van der Waals surface area contributed by atoms with E-state index < -0.39 is 11.8 Å². The molecule has 0 aliphatic carbocycles. The molecule has 3 amide bonds. The van der Waals surface area contributed by atoms with E-state index in [9.17, 15) is 14.4 Å². The van der Waals surface area contributed by atoms with Crippen molar-refractivity contribution in [2.45, 2.75) is 20.3 Å². The van der Waals surface area contributed by atoms with Crippen molar-refractivity contribution in [3.8, 4) is 0 Å². The van der Waals surface area contributed by atoms with Crippen LogP contribution in [0.5, 0.6) is 0 Å². The Kier molecular flexibility index (Phi) is 7.37. The molecule has 1 fully saturated rings. The predicted octanol–water partition coefficient (Wildman–Crippen LogP) is 0.773. The molecule has 0 N–H and O–H groups in total. The number of hydrogen-bond acceptors (Lipinski definition) is 5. The Hall–Kier alpha value is -2.64. The molecule has 26 heavy (non-hydrogen) atoms. The molecule has 1 saturated heterocycles. The second kappa shape index (κ2) is 9.74. The average Bonchev–Trinajstić information content (AvgIpc) is 2.69. The highest BCUT2D eigenvalue weighted by atomic mass is 16.6. The second-order valence-electron chi connectivity index (χ2n) is 5.97. The molecule has 0 unspecified atom stereocenters. The molecular weight excluding hydrogens is 336 g/mol. The van der Waals surface area contributed by atoms with Crippen molar-refractivity contribution in [2.75, 3.05) is 45.9 Å². The minimum Gasteiger partial charge on any atom is -0.450 e. The smallest absolute Gasteiger partial charge is 0.409 e. The zero-order chi connectivity index (χ0) is 18.9. The van der Waals surface area contributed by atoms with Crippen LogP contribution >= 0.6 is 0 Å². The maximum absolute atomic E-state index is 12.5. The van der Waals surface area contributed by atoms with Gasteiger partial charge in [0.15, 0.2) is 0 Å². The number of nitrogens with zero attached hydrogens (tertiary/aromatic N) is 4. The molecule has 0 aromatic carbocycles. The van der Waals surface area contributed by atoms with Crippen LogP contribution in [0.2, 0.25) is 0 Å². The summed E-state index contributed by atoms with van der Waals surface area (Å²) in [5.74, 6) is -1.00. The first-order valence-electron chi connectivity index (χ1n) is 8.95. The van der Waals surface area contributed by atoms with Crippen LogP contribution in [0.3, 0.4) is 0 Å². The maximum atomic E-state index is 12.5. The zero-order valence-electron chi connectivity index (χ0n) is 15.4. The van der Waals surface area contributed by atoms with Crippen molar-refractivity contribution in [1.82, 2.24) is 19.7 Å². The van der Waals surface area contributed by atoms with Crippen LogP contribution < -0.4 is 0 Å². The third-order valence-electron chi connectivity index (χ3n) is 4.36. The number of carbonyl (C=O) groups excluding carboxylic acids is 3. The Morgan fingerprint density at radius 3 is 2.27 bits per heavy atom. The van der Waals surface area contributed by atoms with E-state index in [1.165, 1.54) is 4.90 Å². The van der Waals surface area contributed by atoms with Gasteiger partial charge in [-0.25, -0.2) is 4.79 Å². The number of aromatic nitrogens is 1. The summed E-state index contributed by atoms with van der Waals surface area (Å²) < 4.78 is 4.96. The van der Waals surface area contributed by atoms with Crippen LogP contribution in [0.15, 0.2) is 24.5 Å². The van der Waals surface area contributed by atoms with Crippen LogP contribution in [-0.4, -0.2) is 83.5 Å². The zero-order valence-corrected chi connectivity index (χ0v) is 15.4. The first kappa shape index (κ1) is 19.7. The summed E-state index contributed by atoms with van der Waals surface area (Å²) in [4.78, 5) is 45.3. The molecule has 1 aromatic heterocycles. The maximum Gasteiger partial charge on any atom is 0.409 e. The summed E-state index contributed by atoms with van der Waals surface area (Å²) in [6.45, 7) is 6.31. The number of likely N-dealkylation sites (N-methyl/N-ethyl adjacent to an activating group) is 1. The fourth-order valence-corrected chi connectivity index (χ4v) is 2.79. The number of hydrogen-bond donors (Lipinski definition) is 0. The van der Waals surface area contributed by atoms with Gasteiger partial charge in [-0.2, -0.15) is 0 Å². The standard InChI is InChI=1S/C18H26N4O4/c1-3-20(10-7-15-5-8-19-9-6-15)16(23)17(24)21-11-13-22(14-12-21)18(25)26-4-2/h5-6,8-9H,3-4,7,10-14H2,1-2H3. The highest BCUT2D eigenvalue weighted by Crippen LogP contribution is 2.07. The number of pyridine rings is 1. The molecule has 1 aliphatic rings. The highest BCUT2D eigenvalue weighted by Gasteiger charge is 2.30. The molecule has 0 bridgehead atoms. The van der Waals surface area contributed by atoms with Gasteiger partial charge in [-0.3, -0.25) is 14.6 Å². The van der Waals surface area contributed by atoms with Crippen molar-refractivity contribution in [1.29, 1.82) is 0 Å². The molecule has 8 heteroatoms. The Morgan fingerprint density at radius 1 is 1.08 bits per heavy atom. The lowest BCUT2D eigenvalue weighted by Crippen LogP contribution is -2.54. The topological polar surface area (TPSA) is 83.0 Å². The summed E-state index contributed by atoms with van der Waals surface area (Å²) >= 11 is 0. The van der Waals surface area contributed by atoms with Crippen molar-refractivity contribution in [3.63, 3.8) is 0 Å². The lowest BCUT2D eigenvalue weighted by molar-refractivity contribution is -0.152. The van der Waals surface area contributed by atoms with E-state index in [0.717, 1.165) is 5.56 Å². The largest absolute Gasteiger partial charge is 0.450 e. The number of rotatable bonds is 5.